The average Bonchev–Trinajstić information content (AvgIpc) is 2.73. The van der Waals surface area contributed by atoms with Crippen molar-refractivity contribution in [3.8, 4) is 0 Å². The predicted molar refractivity (Wildman–Crippen MR) is 120 cm³/mol. The maximum atomic E-state index is 12.9. The lowest BCUT2D eigenvalue weighted by Crippen LogP contribution is -2.30. The minimum absolute atomic E-state index is 0.0753. The number of likely N-dealkylation sites (N-methyl/N-ethyl adjacent to an activating group) is 1. The van der Waals surface area contributed by atoms with Crippen LogP contribution in [0.1, 0.15) is 5.56 Å². The van der Waals surface area contributed by atoms with E-state index in [4.69, 9.17) is 11.6 Å². The Balaban J connectivity index is 1.70. The number of alkyl halides is 3. The van der Waals surface area contributed by atoms with Crippen molar-refractivity contribution in [1.82, 2.24) is 4.98 Å². The lowest BCUT2D eigenvalue weighted by atomic mass is 10.2. The van der Waals surface area contributed by atoms with Crippen LogP contribution in [0, 0.1) is 0 Å². The Morgan fingerprint density at radius 1 is 1.06 bits per heavy atom. The molecule has 0 unspecified atom stereocenters. The van der Waals surface area contributed by atoms with E-state index in [-0.39, 0.29) is 22.8 Å². The van der Waals surface area contributed by atoms with Crippen LogP contribution in [0.3, 0.4) is 0 Å². The molecule has 0 bridgehead atoms. The number of amides is 1. The first kappa shape index (κ1) is 24.3. The number of carbonyl (C=O) groups is 1. The number of sulfonamides is 1. The molecule has 3 rings (SSSR count). The lowest BCUT2D eigenvalue weighted by Gasteiger charge is -2.17. The third kappa shape index (κ3) is 6.59. The number of anilines is 3. The van der Waals surface area contributed by atoms with Gasteiger partial charge in [0.2, 0.25) is 5.91 Å². The van der Waals surface area contributed by atoms with Gasteiger partial charge in [0.15, 0.2) is 0 Å². The number of hydrogen-bond acceptors (Lipinski definition) is 5. The molecule has 7 nitrogen and oxygen atoms in total. The van der Waals surface area contributed by atoms with E-state index in [0.29, 0.717) is 16.9 Å². The van der Waals surface area contributed by atoms with E-state index in [1.807, 2.05) is 0 Å². The van der Waals surface area contributed by atoms with Crippen LogP contribution in [0.25, 0.3) is 0 Å². The second kappa shape index (κ2) is 9.67. The van der Waals surface area contributed by atoms with Crippen LogP contribution in [0.4, 0.5) is 30.4 Å². The van der Waals surface area contributed by atoms with Gasteiger partial charge in [-0.25, -0.2) is 13.4 Å². The largest absolute Gasteiger partial charge is 0.416 e. The molecule has 0 saturated carbocycles. The van der Waals surface area contributed by atoms with E-state index in [9.17, 15) is 26.4 Å². The summed E-state index contributed by atoms with van der Waals surface area (Å²) in [6.45, 7) is -0.0753. The van der Waals surface area contributed by atoms with Gasteiger partial charge in [-0.2, -0.15) is 13.2 Å². The van der Waals surface area contributed by atoms with Crippen molar-refractivity contribution in [3.05, 3.63) is 77.4 Å². The maximum Gasteiger partial charge on any atom is 0.416 e. The summed E-state index contributed by atoms with van der Waals surface area (Å²) in [6.07, 6.45) is -3.17. The first-order chi connectivity index (χ1) is 15.4. The molecule has 2 aromatic carbocycles. The number of benzene rings is 2. The summed E-state index contributed by atoms with van der Waals surface area (Å²) in [7, 11) is -2.56. The third-order valence-corrected chi connectivity index (χ3v) is 5.96. The smallest absolute Gasteiger partial charge is 0.350 e. The molecule has 1 aromatic heterocycles. The molecule has 3 aromatic rings. The average molecular weight is 499 g/mol. The van der Waals surface area contributed by atoms with Gasteiger partial charge in [0.1, 0.15) is 5.82 Å². The number of hydrogen-bond donors (Lipinski definition) is 2. The monoisotopic (exact) mass is 498 g/mol. The molecule has 0 aliphatic rings. The highest BCUT2D eigenvalue weighted by atomic mass is 35.5. The Kier molecular flexibility index (Phi) is 7.13. The quantitative estimate of drug-likeness (QED) is 0.495. The Labute approximate surface area is 193 Å². The maximum absolute atomic E-state index is 12.9. The molecule has 33 heavy (non-hydrogen) atoms. The number of halogens is 4. The van der Waals surface area contributed by atoms with Crippen LogP contribution in [-0.4, -0.2) is 32.9 Å². The normalized spacial score (nSPS) is 11.7. The van der Waals surface area contributed by atoms with Crippen molar-refractivity contribution in [3.63, 3.8) is 0 Å². The number of nitrogens with one attached hydrogen (secondary N) is 2. The topological polar surface area (TPSA) is 91.4 Å². The van der Waals surface area contributed by atoms with E-state index in [1.165, 1.54) is 36.5 Å². The van der Waals surface area contributed by atoms with Crippen molar-refractivity contribution in [2.45, 2.75) is 11.1 Å². The minimum atomic E-state index is -4.61. The van der Waals surface area contributed by atoms with E-state index >= 15 is 0 Å². The number of rotatable bonds is 7. The Morgan fingerprint density at radius 3 is 2.42 bits per heavy atom. The van der Waals surface area contributed by atoms with E-state index in [0.717, 1.165) is 12.1 Å². The van der Waals surface area contributed by atoms with E-state index in [1.54, 1.807) is 24.1 Å². The number of aromatic nitrogens is 1. The number of pyridine rings is 1. The fourth-order valence-electron chi connectivity index (χ4n) is 2.80. The van der Waals surface area contributed by atoms with Crippen molar-refractivity contribution in [1.29, 1.82) is 0 Å². The second-order valence-electron chi connectivity index (χ2n) is 6.95. The molecule has 0 spiro atoms. The molecule has 0 aliphatic heterocycles. The lowest BCUT2D eigenvalue weighted by molar-refractivity contribution is -0.137. The van der Waals surface area contributed by atoms with Crippen LogP contribution >= 0.6 is 11.6 Å². The van der Waals surface area contributed by atoms with Crippen LogP contribution < -0.4 is 14.9 Å². The van der Waals surface area contributed by atoms with Gasteiger partial charge >= 0.3 is 6.18 Å². The Morgan fingerprint density at radius 2 is 1.76 bits per heavy atom. The van der Waals surface area contributed by atoms with Gasteiger partial charge in [-0.15, -0.1) is 0 Å². The zero-order chi connectivity index (χ0) is 24.2. The fraction of sp³-hybridized carbons (Fsp3) is 0.143. The first-order valence-corrected chi connectivity index (χ1v) is 11.2. The van der Waals surface area contributed by atoms with Crippen LogP contribution in [0.5, 0.6) is 0 Å². The SMILES string of the molecule is CN(CC(=O)Nc1cccc(S(=O)(=O)Nc2cccc(C(F)(F)F)c2)c1)c1ccc(Cl)cn1. The molecular weight excluding hydrogens is 481 g/mol. The summed E-state index contributed by atoms with van der Waals surface area (Å²) >= 11 is 5.80. The molecule has 174 valence electrons. The van der Waals surface area contributed by atoms with Gasteiger partial charge < -0.3 is 10.2 Å². The molecule has 12 heteroatoms. The van der Waals surface area contributed by atoms with E-state index < -0.39 is 27.7 Å². The Hall–Kier alpha value is -3.31. The highest BCUT2D eigenvalue weighted by Gasteiger charge is 2.30. The van der Waals surface area contributed by atoms with Crippen LogP contribution in [-0.2, 0) is 21.0 Å². The molecule has 0 fully saturated rings. The third-order valence-electron chi connectivity index (χ3n) is 4.35. The van der Waals surface area contributed by atoms with Crippen molar-refractivity contribution in [2.24, 2.45) is 0 Å². The zero-order valence-electron chi connectivity index (χ0n) is 17.1. The molecule has 1 amide bonds. The van der Waals surface area contributed by atoms with Gasteiger partial charge in [0.25, 0.3) is 10.0 Å². The number of carbonyl (C=O) groups excluding carboxylic acids is 1. The van der Waals surface area contributed by atoms with Crippen molar-refractivity contribution < 1.29 is 26.4 Å². The van der Waals surface area contributed by atoms with Gasteiger partial charge in [-0.1, -0.05) is 23.7 Å². The molecule has 0 atom stereocenters. The van der Waals surface area contributed by atoms with Crippen molar-refractivity contribution in [2.75, 3.05) is 28.5 Å². The second-order valence-corrected chi connectivity index (χ2v) is 9.07. The van der Waals surface area contributed by atoms with E-state index in [2.05, 4.69) is 15.0 Å². The van der Waals surface area contributed by atoms with Gasteiger partial charge in [-0.05, 0) is 48.5 Å². The Bertz CT molecular complexity index is 1250. The van der Waals surface area contributed by atoms with Gasteiger partial charge in [0, 0.05) is 24.6 Å². The van der Waals surface area contributed by atoms with Crippen molar-refractivity contribution >= 4 is 44.7 Å². The highest BCUT2D eigenvalue weighted by molar-refractivity contribution is 7.92. The van der Waals surface area contributed by atoms with Gasteiger partial charge in [0.05, 0.1) is 22.0 Å². The summed E-state index contributed by atoms with van der Waals surface area (Å²) in [5.41, 5.74) is -1.02. The standard InChI is InChI=1S/C21H18ClF3N4O3S/c1-29(19-9-8-15(22)12-26-19)13-20(30)27-16-5-3-7-18(11-16)33(31,32)28-17-6-2-4-14(10-17)21(23,24)25/h2-12,28H,13H2,1H3,(H,27,30). The molecular formula is C21H18ClF3N4O3S. The van der Waals surface area contributed by atoms with Gasteiger partial charge in [-0.3, -0.25) is 9.52 Å². The predicted octanol–water partition coefficient (Wildman–Crippen LogP) is 4.63. The van der Waals surface area contributed by atoms with Crippen LogP contribution in [0.2, 0.25) is 5.02 Å². The number of nitrogens with zero attached hydrogens (tertiary/aromatic N) is 2. The minimum Gasteiger partial charge on any atom is -0.350 e. The van der Waals surface area contributed by atoms with Crippen LogP contribution in [0.15, 0.2) is 71.8 Å². The summed E-state index contributed by atoms with van der Waals surface area (Å²) < 4.78 is 66.1. The highest BCUT2D eigenvalue weighted by Crippen LogP contribution is 2.31. The molecule has 2 N–H and O–H groups in total. The summed E-state index contributed by atoms with van der Waals surface area (Å²) in [6, 6.07) is 12.5. The molecule has 0 radical (unpaired) electrons. The summed E-state index contributed by atoms with van der Waals surface area (Å²) in [4.78, 5) is 17.8. The first-order valence-electron chi connectivity index (χ1n) is 9.37. The fourth-order valence-corrected chi connectivity index (χ4v) is 4.01. The zero-order valence-corrected chi connectivity index (χ0v) is 18.7. The molecule has 1 heterocycles. The molecule has 0 saturated heterocycles. The molecule has 0 aliphatic carbocycles. The summed E-state index contributed by atoms with van der Waals surface area (Å²) in [5.74, 6) is 0.0748. The summed E-state index contributed by atoms with van der Waals surface area (Å²) in [5, 5.41) is 3.04.